The zero-order chi connectivity index (χ0) is 21.7. The molecule has 2 aliphatic carbocycles. The zero-order valence-electron chi connectivity index (χ0n) is 17.5. The van der Waals surface area contributed by atoms with E-state index in [1.54, 1.807) is 25.3 Å². The molecule has 0 spiro atoms. The Morgan fingerprint density at radius 1 is 1.43 bits per heavy atom. The predicted molar refractivity (Wildman–Crippen MR) is 119 cm³/mol. The fourth-order valence-electron chi connectivity index (χ4n) is 3.94. The predicted octanol–water partition coefficient (Wildman–Crippen LogP) is 4.23. The molecule has 0 aliphatic heterocycles. The minimum atomic E-state index is -3.41. The number of amides is 2. The molecule has 0 aromatic carbocycles. The van der Waals surface area contributed by atoms with Crippen LogP contribution in [0.15, 0.2) is 20.0 Å². The Kier molecular flexibility index (Phi) is 5.50. The lowest BCUT2D eigenvalue weighted by atomic mass is 10.00. The first-order valence-electron chi connectivity index (χ1n) is 10.3. The summed E-state index contributed by atoms with van der Waals surface area (Å²) in [6.45, 7) is 5.33. The van der Waals surface area contributed by atoms with E-state index in [2.05, 4.69) is 16.6 Å². The number of fused-ring (bicyclic) bond motifs is 1. The van der Waals surface area contributed by atoms with E-state index in [1.165, 1.54) is 0 Å². The van der Waals surface area contributed by atoms with Crippen LogP contribution in [0.3, 0.4) is 0 Å². The quantitative estimate of drug-likeness (QED) is 0.634. The van der Waals surface area contributed by atoms with Gasteiger partial charge in [-0.1, -0.05) is 6.92 Å². The molecule has 1 fully saturated rings. The standard InChI is InChI=1S/C21H28N4O3S2/c1-4-14-18(12-8-9-12)23-16-7-5-6-15(16)19(14)24-20(26)25-30(22,28)17-10-13(11-29-17)21(2,3)27/h10-12,27H,4-9H2,1-3H3,(H3,22,23,24,25,26,28). The molecule has 1 unspecified atom stereocenters. The number of carbonyl (C=O) groups excluding carboxylic acids is 1. The van der Waals surface area contributed by atoms with Crippen LogP contribution in [0.25, 0.3) is 0 Å². The summed E-state index contributed by atoms with van der Waals surface area (Å²) in [7, 11) is -3.41. The van der Waals surface area contributed by atoms with E-state index in [9.17, 15) is 14.1 Å². The number of carbonyl (C=O) groups is 1. The van der Waals surface area contributed by atoms with E-state index in [1.807, 2.05) is 0 Å². The van der Waals surface area contributed by atoms with Gasteiger partial charge in [-0.25, -0.2) is 14.1 Å². The number of anilines is 1. The summed E-state index contributed by atoms with van der Waals surface area (Å²) < 4.78 is 17.1. The lowest BCUT2D eigenvalue weighted by molar-refractivity contribution is 0.0789. The fourth-order valence-corrected chi connectivity index (χ4v) is 6.22. The summed E-state index contributed by atoms with van der Waals surface area (Å²) in [5.41, 5.74) is 4.58. The van der Waals surface area contributed by atoms with Gasteiger partial charge in [0.2, 0.25) is 0 Å². The average Bonchev–Trinajstić information content (AvgIpc) is 3.16. The van der Waals surface area contributed by atoms with Gasteiger partial charge >= 0.3 is 6.03 Å². The van der Waals surface area contributed by atoms with E-state index in [0.717, 1.165) is 78.1 Å². The van der Waals surface area contributed by atoms with Crippen LogP contribution in [0.4, 0.5) is 10.5 Å². The van der Waals surface area contributed by atoms with Gasteiger partial charge in [0, 0.05) is 17.3 Å². The van der Waals surface area contributed by atoms with Crippen LogP contribution in [0.2, 0.25) is 0 Å². The summed E-state index contributed by atoms with van der Waals surface area (Å²) in [4.78, 5) is 17.7. The first-order chi connectivity index (χ1) is 14.1. The van der Waals surface area contributed by atoms with Crippen molar-refractivity contribution in [3.05, 3.63) is 39.5 Å². The molecule has 2 heterocycles. The van der Waals surface area contributed by atoms with Crippen LogP contribution < -0.4 is 10.5 Å². The van der Waals surface area contributed by atoms with E-state index in [-0.39, 0.29) is 4.21 Å². The Bertz CT molecular complexity index is 1120. The van der Waals surface area contributed by atoms with Crippen molar-refractivity contribution >= 4 is 33.0 Å². The second-order valence-electron chi connectivity index (χ2n) is 8.56. The molecular formula is C21H28N4O3S2. The summed E-state index contributed by atoms with van der Waals surface area (Å²) in [5.74, 6) is 0.476. The highest BCUT2D eigenvalue weighted by Gasteiger charge is 2.32. The molecule has 2 aromatic heterocycles. The molecule has 4 rings (SSSR count). The average molecular weight is 449 g/mol. The van der Waals surface area contributed by atoms with Crippen LogP contribution in [0.1, 0.15) is 74.0 Å². The van der Waals surface area contributed by atoms with Crippen molar-refractivity contribution < 1.29 is 14.1 Å². The number of urea groups is 1. The van der Waals surface area contributed by atoms with Gasteiger partial charge in [-0.05, 0) is 80.5 Å². The molecule has 1 saturated carbocycles. The summed E-state index contributed by atoms with van der Waals surface area (Å²) in [6, 6.07) is 0.841. The van der Waals surface area contributed by atoms with Crippen LogP contribution in [0, 0.1) is 0 Å². The maximum absolute atomic E-state index is 13.0. The number of nitrogens with one attached hydrogen (secondary N) is 1. The molecule has 7 nitrogen and oxygen atoms in total. The van der Waals surface area contributed by atoms with E-state index >= 15 is 0 Å². The minimum absolute atomic E-state index is 0.268. The molecule has 0 saturated heterocycles. The van der Waals surface area contributed by atoms with Crippen LogP contribution >= 0.6 is 11.3 Å². The normalized spacial score (nSPS) is 18.0. The van der Waals surface area contributed by atoms with E-state index < -0.39 is 21.5 Å². The lowest BCUT2D eigenvalue weighted by Gasteiger charge is -2.17. The second kappa shape index (κ2) is 7.71. The molecule has 0 radical (unpaired) electrons. The topological polar surface area (TPSA) is 118 Å². The van der Waals surface area contributed by atoms with Gasteiger partial charge in [-0.15, -0.1) is 15.7 Å². The van der Waals surface area contributed by atoms with Crippen molar-refractivity contribution in [1.82, 2.24) is 4.98 Å². The van der Waals surface area contributed by atoms with Gasteiger partial charge in [0.25, 0.3) is 0 Å². The summed E-state index contributed by atoms with van der Waals surface area (Å²) in [6.07, 6.45) is 5.83. The fraction of sp³-hybridized carbons (Fsp3) is 0.524. The number of rotatable bonds is 5. The second-order valence-corrected chi connectivity index (χ2v) is 11.5. The number of aromatic nitrogens is 1. The van der Waals surface area contributed by atoms with Crippen LogP contribution in [-0.2, 0) is 34.8 Å². The lowest BCUT2D eigenvalue weighted by Crippen LogP contribution is -2.19. The highest BCUT2D eigenvalue weighted by Crippen LogP contribution is 2.45. The van der Waals surface area contributed by atoms with Gasteiger partial charge < -0.3 is 10.4 Å². The summed E-state index contributed by atoms with van der Waals surface area (Å²) in [5, 5.41) is 20.6. The maximum atomic E-state index is 13.0. The number of hydrogen-bond donors (Lipinski definition) is 3. The van der Waals surface area contributed by atoms with Crippen LogP contribution in [0.5, 0.6) is 0 Å². The molecule has 2 aromatic rings. The number of aliphatic hydroxyl groups is 1. The molecule has 30 heavy (non-hydrogen) atoms. The number of thiophene rings is 1. The molecule has 0 bridgehead atoms. The van der Waals surface area contributed by atoms with Crippen molar-refractivity contribution in [1.29, 1.82) is 0 Å². The molecule has 2 aliphatic rings. The molecule has 2 amide bonds. The third-order valence-corrected chi connectivity index (χ3v) is 8.55. The number of nitrogens with two attached hydrogens (primary N) is 1. The number of aryl methyl sites for hydroxylation is 1. The van der Waals surface area contributed by atoms with Crippen LogP contribution in [-0.4, -0.2) is 20.3 Å². The van der Waals surface area contributed by atoms with Crippen molar-refractivity contribution in [2.75, 3.05) is 5.32 Å². The highest BCUT2D eigenvalue weighted by molar-refractivity contribution is 7.93. The third-order valence-electron chi connectivity index (χ3n) is 5.70. The van der Waals surface area contributed by atoms with Crippen molar-refractivity contribution in [2.45, 2.75) is 75.0 Å². The Hall–Kier alpha value is -1.81. The first kappa shape index (κ1) is 21.4. The SMILES string of the molecule is CCc1c(C2CC2)nc2c(c1NC(=O)N=S(N)(=O)c1cc(C(C)(C)O)cs1)CCC2. The Morgan fingerprint density at radius 2 is 2.17 bits per heavy atom. The first-order valence-corrected chi connectivity index (χ1v) is 12.8. The van der Waals surface area contributed by atoms with Gasteiger partial charge in [0.15, 0.2) is 9.92 Å². The minimum Gasteiger partial charge on any atom is -0.386 e. The third kappa shape index (κ3) is 4.16. The smallest absolute Gasteiger partial charge is 0.354 e. The number of hydrogen-bond acceptors (Lipinski definition) is 5. The zero-order valence-corrected chi connectivity index (χ0v) is 19.2. The van der Waals surface area contributed by atoms with Gasteiger partial charge in [0.1, 0.15) is 4.21 Å². The largest absolute Gasteiger partial charge is 0.386 e. The Morgan fingerprint density at radius 3 is 2.77 bits per heavy atom. The van der Waals surface area contributed by atoms with Gasteiger partial charge in [0.05, 0.1) is 11.3 Å². The van der Waals surface area contributed by atoms with Crippen molar-refractivity contribution in [3.63, 3.8) is 0 Å². The van der Waals surface area contributed by atoms with Crippen molar-refractivity contribution in [2.24, 2.45) is 9.50 Å². The molecule has 162 valence electrons. The summed E-state index contributed by atoms with van der Waals surface area (Å²) >= 11 is 1.13. The van der Waals surface area contributed by atoms with Crippen molar-refractivity contribution in [3.8, 4) is 0 Å². The highest BCUT2D eigenvalue weighted by atomic mass is 32.2. The monoisotopic (exact) mass is 448 g/mol. The molecule has 4 N–H and O–H groups in total. The Balaban J connectivity index is 1.67. The maximum Gasteiger partial charge on any atom is 0.354 e. The molecule has 1 atom stereocenters. The molecular weight excluding hydrogens is 420 g/mol. The van der Waals surface area contributed by atoms with Gasteiger partial charge in [-0.3, -0.25) is 4.98 Å². The Labute approximate surface area is 181 Å². The number of nitrogens with zero attached hydrogens (tertiary/aromatic N) is 2. The van der Waals surface area contributed by atoms with E-state index in [0.29, 0.717) is 11.5 Å². The molecule has 9 heteroatoms. The number of pyridine rings is 1. The van der Waals surface area contributed by atoms with Gasteiger partial charge in [-0.2, -0.15) is 0 Å². The van der Waals surface area contributed by atoms with E-state index in [4.69, 9.17) is 10.1 Å².